The maximum absolute atomic E-state index is 2.61. The maximum Gasteiger partial charge on any atom is 0.0807 e. The van der Waals surface area contributed by atoms with Gasteiger partial charge < -0.3 is 0 Å². The summed E-state index contributed by atoms with van der Waals surface area (Å²) in [5.41, 5.74) is 12.1. The molecule has 0 amide bonds. The Balaban J connectivity index is 1.29. The summed E-state index contributed by atoms with van der Waals surface area (Å²) >= 11 is 0. The van der Waals surface area contributed by atoms with Gasteiger partial charge in [-0.25, -0.2) is 0 Å². The van der Waals surface area contributed by atoms with Gasteiger partial charge in [0, 0.05) is 0 Å². The van der Waals surface area contributed by atoms with Crippen molar-refractivity contribution >= 4 is 26.5 Å². The molecule has 0 bridgehead atoms. The van der Waals surface area contributed by atoms with Gasteiger partial charge in [0.15, 0.2) is 0 Å². The molecule has 0 aliphatic heterocycles. The zero-order chi connectivity index (χ0) is 23.5. The highest BCUT2D eigenvalue weighted by Gasteiger charge is 2.35. The van der Waals surface area contributed by atoms with Crippen molar-refractivity contribution in [3.05, 3.63) is 107 Å². The predicted molar refractivity (Wildman–Crippen MR) is 153 cm³/mol. The van der Waals surface area contributed by atoms with Crippen LogP contribution in [0, 0.1) is 0 Å². The molecule has 0 nitrogen and oxygen atoms in total. The largest absolute Gasteiger partial charge is 0.0807 e. The van der Waals surface area contributed by atoms with Crippen LogP contribution in [0.1, 0.15) is 22.3 Å². The minimum atomic E-state index is -1.57. The average Bonchev–Trinajstić information content (AvgIpc) is 3.41. The molecular weight excluding hydrogens is 441 g/mol. The molecule has 0 aromatic heterocycles. The molecule has 0 spiro atoms. The van der Waals surface area contributed by atoms with E-state index < -0.39 is 16.1 Å². The summed E-state index contributed by atoms with van der Waals surface area (Å²) in [4.78, 5) is 0. The Bertz CT molecular complexity index is 1300. The van der Waals surface area contributed by atoms with Crippen molar-refractivity contribution in [1.82, 2.24) is 0 Å². The highest BCUT2D eigenvalue weighted by Crippen LogP contribution is 2.38. The van der Waals surface area contributed by atoms with Gasteiger partial charge in [-0.15, -0.1) is 0 Å². The van der Waals surface area contributed by atoms with Gasteiger partial charge in [0.2, 0.25) is 0 Å². The van der Waals surface area contributed by atoms with E-state index in [4.69, 9.17) is 0 Å². The van der Waals surface area contributed by atoms with E-state index in [0.29, 0.717) is 0 Å². The first kappa shape index (κ1) is 21.8. The summed E-state index contributed by atoms with van der Waals surface area (Å²) in [6.07, 6.45) is 2.23. The molecule has 4 aromatic rings. The van der Waals surface area contributed by atoms with E-state index in [1.807, 2.05) is 0 Å². The van der Waals surface area contributed by atoms with Gasteiger partial charge >= 0.3 is 0 Å². The molecule has 0 saturated heterocycles. The number of hydrogen-bond donors (Lipinski definition) is 0. The zero-order valence-corrected chi connectivity index (χ0v) is 22.9. The summed E-state index contributed by atoms with van der Waals surface area (Å²) in [6, 6.07) is 35.0. The summed E-state index contributed by atoms with van der Waals surface area (Å²) < 4.78 is 0. The average molecular weight is 475 g/mol. The Morgan fingerprint density at radius 1 is 0.471 bits per heavy atom. The van der Waals surface area contributed by atoms with Crippen LogP contribution in [0.3, 0.4) is 0 Å². The fourth-order valence-electron chi connectivity index (χ4n) is 6.48. The standard InChI is InChI=1S/C32H34Si2/c1-33(2,31-17-9-15-27-25-13-7-5-11-23(25)21-29(27)31)19-20-34(3,4)32-18-10-16-28-26-14-8-6-12-24(26)22-30(28)32/h5-18H,19-22H2,1-4H3. The molecule has 0 unspecified atom stereocenters. The predicted octanol–water partition coefficient (Wildman–Crippen LogP) is 7.36. The second-order valence-corrected chi connectivity index (χ2v) is 21.2. The highest BCUT2D eigenvalue weighted by atomic mass is 28.3. The molecule has 34 heavy (non-hydrogen) atoms. The maximum atomic E-state index is 2.61. The van der Waals surface area contributed by atoms with Gasteiger partial charge in [-0.1, -0.05) is 134 Å². The first-order chi connectivity index (χ1) is 16.4. The lowest BCUT2D eigenvalue weighted by molar-refractivity contribution is 1.24. The van der Waals surface area contributed by atoms with Crippen LogP contribution in [0.4, 0.5) is 0 Å². The molecule has 6 rings (SSSR count). The van der Waals surface area contributed by atoms with E-state index in [2.05, 4.69) is 111 Å². The summed E-state index contributed by atoms with van der Waals surface area (Å²) in [7, 11) is -3.15. The molecule has 170 valence electrons. The van der Waals surface area contributed by atoms with Gasteiger partial charge in [0.1, 0.15) is 0 Å². The third-order valence-electron chi connectivity index (χ3n) is 8.53. The van der Waals surface area contributed by atoms with Crippen LogP contribution < -0.4 is 10.4 Å². The fraction of sp³-hybridized carbons (Fsp3) is 0.250. The number of hydrogen-bond acceptors (Lipinski definition) is 0. The Labute approximate surface area is 206 Å². The van der Waals surface area contributed by atoms with Crippen molar-refractivity contribution in [3.63, 3.8) is 0 Å². The van der Waals surface area contributed by atoms with Crippen molar-refractivity contribution in [3.8, 4) is 22.3 Å². The lowest BCUT2D eigenvalue weighted by Crippen LogP contribution is -2.48. The van der Waals surface area contributed by atoms with E-state index in [0.717, 1.165) is 12.8 Å². The first-order valence-electron chi connectivity index (χ1n) is 12.8. The normalized spacial score (nSPS) is 13.9. The second kappa shape index (κ2) is 7.93. The van der Waals surface area contributed by atoms with Crippen LogP contribution in [-0.2, 0) is 12.8 Å². The van der Waals surface area contributed by atoms with Crippen molar-refractivity contribution in [2.45, 2.75) is 51.1 Å². The molecule has 0 heterocycles. The summed E-state index contributed by atoms with van der Waals surface area (Å²) in [5, 5.41) is 3.38. The van der Waals surface area contributed by atoms with E-state index >= 15 is 0 Å². The van der Waals surface area contributed by atoms with E-state index in [1.165, 1.54) is 45.5 Å². The molecule has 0 saturated carbocycles. The first-order valence-corrected chi connectivity index (χ1v) is 19.2. The number of benzene rings is 4. The number of fused-ring (bicyclic) bond motifs is 6. The lowest BCUT2D eigenvalue weighted by Gasteiger charge is -2.32. The van der Waals surface area contributed by atoms with Crippen LogP contribution in [0.15, 0.2) is 84.9 Å². The summed E-state index contributed by atoms with van der Waals surface area (Å²) in [6.45, 7) is 10.4. The molecule has 0 atom stereocenters. The van der Waals surface area contributed by atoms with Crippen LogP contribution in [0.2, 0.25) is 38.3 Å². The molecule has 2 heteroatoms. The topological polar surface area (TPSA) is 0 Å². The van der Waals surface area contributed by atoms with E-state index in [9.17, 15) is 0 Å². The van der Waals surface area contributed by atoms with Crippen molar-refractivity contribution in [2.75, 3.05) is 0 Å². The van der Waals surface area contributed by atoms with Gasteiger partial charge in [0.05, 0.1) is 16.1 Å². The Kier molecular flexibility index (Phi) is 5.09. The van der Waals surface area contributed by atoms with Gasteiger partial charge in [-0.2, -0.15) is 0 Å². The second-order valence-electron chi connectivity index (χ2n) is 11.6. The lowest BCUT2D eigenvalue weighted by atomic mass is 10.1. The molecule has 2 aliphatic rings. The van der Waals surface area contributed by atoms with E-state index in [-0.39, 0.29) is 0 Å². The van der Waals surface area contributed by atoms with E-state index in [1.54, 1.807) is 21.5 Å². The molecule has 0 N–H and O–H groups in total. The highest BCUT2D eigenvalue weighted by molar-refractivity contribution is 6.94. The Hall–Kier alpha value is -2.69. The minimum absolute atomic E-state index is 1.11. The molecular formula is C32H34Si2. The molecule has 0 fully saturated rings. The smallest absolute Gasteiger partial charge is 0.0654 e. The van der Waals surface area contributed by atoms with Gasteiger partial charge in [0.25, 0.3) is 0 Å². The van der Waals surface area contributed by atoms with Crippen LogP contribution in [0.5, 0.6) is 0 Å². The minimum Gasteiger partial charge on any atom is -0.0654 e. The van der Waals surface area contributed by atoms with Gasteiger partial charge in [-0.05, 0) is 57.3 Å². The van der Waals surface area contributed by atoms with Crippen LogP contribution in [-0.4, -0.2) is 16.1 Å². The fourth-order valence-corrected chi connectivity index (χ4v) is 15.2. The van der Waals surface area contributed by atoms with Crippen LogP contribution in [0.25, 0.3) is 22.3 Å². The van der Waals surface area contributed by atoms with Gasteiger partial charge in [-0.3, -0.25) is 0 Å². The quantitative estimate of drug-likeness (QED) is 0.229. The molecule has 0 radical (unpaired) electrons. The molecule has 2 aliphatic carbocycles. The monoisotopic (exact) mass is 474 g/mol. The molecule has 4 aromatic carbocycles. The van der Waals surface area contributed by atoms with Crippen LogP contribution >= 0.6 is 0 Å². The van der Waals surface area contributed by atoms with Crippen molar-refractivity contribution < 1.29 is 0 Å². The van der Waals surface area contributed by atoms with Crippen molar-refractivity contribution in [2.24, 2.45) is 0 Å². The Morgan fingerprint density at radius 3 is 1.29 bits per heavy atom. The zero-order valence-electron chi connectivity index (χ0n) is 20.9. The SMILES string of the molecule is C[Si](C)(CC[Si](C)(C)c1cccc2c1Cc1ccccc1-2)c1cccc2c1Cc1ccccc1-2. The Morgan fingerprint density at radius 2 is 0.853 bits per heavy atom. The number of rotatable bonds is 5. The van der Waals surface area contributed by atoms with Crippen molar-refractivity contribution in [1.29, 1.82) is 0 Å². The summed E-state index contributed by atoms with van der Waals surface area (Å²) in [5.74, 6) is 0. The third-order valence-corrected chi connectivity index (χ3v) is 15.9. The third kappa shape index (κ3) is 3.47.